The number of anilines is 2. The van der Waals surface area contributed by atoms with Crippen molar-refractivity contribution in [2.24, 2.45) is 5.92 Å². The Labute approximate surface area is 263 Å². The van der Waals surface area contributed by atoms with Crippen LogP contribution in [0.25, 0.3) is 0 Å². The molecule has 4 aromatic rings. The van der Waals surface area contributed by atoms with Gasteiger partial charge in [-0.25, -0.2) is 4.90 Å². The number of halogens is 6. The summed E-state index contributed by atoms with van der Waals surface area (Å²) < 4.78 is 84.9. The van der Waals surface area contributed by atoms with Gasteiger partial charge in [0.2, 0.25) is 11.8 Å². The second-order valence-electron chi connectivity index (χ2n) is 10.3. The molecule has 3 aromatic carbocycles. The fourth-order valence-electron chi connectivity index (χ4n) is 5.37. The fourth-order valence-corrected chi connectivity index (χ4v) is 7.88. The number of hydrogen-bond donors (Lipinski definition) is 2. The summed E-state index contributed by atoms with van der Waals surface area (Å²) in [6, 6.07) is 14.1. The normalized spacial score (nSPS) is 19.5. The number of amides is 3. The number of rotatable bonds is 6. The van der Waals surface area contributed by atoms with Crippen molar-refractivity contribution in [1.29, 1.82) is 0 Å². The van der Waals surface area contributed by atoms with Gasteiger partial charge in [-0.15, -0.1) is 0 Å². The lowest BCUT2D eigenvalue weighted by molar-refractivity contribution is -0.138. The molecule has 3 heterocycles. The number of nitrogens with one attached hydrogen (secondary N) is 2. The standard InChI is InChI=1S/C30H19F6N3O5S2/c31-29(32,33)15-5-2-7-17(11-15)37-20(40)13-44-19-9-1-4-14(10-19)21-22-24(45-25-23(21)46-28(43)38-25)27(42)39(26(22)41)18-8-3-6-16(12-18)30(34,35)36/h1-12,21-22,24H,13H2,(H,37,40)(H,38,43)/t21-,22-,24+/m0/s1. The van der Waals surface area contributed by atoms with Gasteiger partial charge in [0.05, 0.1) is 27.8 Å². The monoisotopic (exact) mass is 679 g/mol. The Hall–Kier alpha value is -4.57. The van der Waals surface area contributed by atoms with Crippen LogP contribution >= 0.6 is 23.1 Å². The highest BCUT2D eigenvalue weighted by Gasteiger charge is 2.56. The van der Waals surface area contributed by atoms with E-state index in [4.69, 9.17) is 4.74 Å². The maximum Gasteiger partial charge on any atom is 0.416 e. The first kappa shape index (κ1) is 31.4. The van der Waals surface area contributed by atoms with Gasteiger partial charge in [-0.3, -0.25) is 19.2 Å². The summed E-state index contributed by atoms with van der Waals surface area (Å²) in [6.07, 6.45) is -9.31. The van der Waals surface area contributed by atoms with Crippen LogP contribution in [0.5, 0.6) is 5.75 Å². The second kappa shape index (κ2) is 11.7. The van der Waals surface area contributed by atoms with Crippen molar-refractivity contribution in [2.75, 3.05) is 16.8 Å². The first-order chi connectivity index (χ1) is 21.7. The third kappa shape index (κ3) is 6.01. The van der Waals surface area contributed by atoms with E-state index in [0.29, 0.717) is 15.5 Å². The van der Waals surface area contributed by atoms with Crippen LogP contribution in [0.15, 0.2) is 82.6 Å². The number of fused-ring (bicyclic) bond motifs is 2. The van der Waals surface area contributed by atoms with Crippen LogP contribution < -0.4 is 19.8 Å². The van der Waals surface area contributed by atoms with Crippen molar-refractivity contribution in [3.8, 4) is 5.75 Å². The summed E-state index contributed by atoms with van der Waals surface area (Å²) in [5.41, 5.74) is -1.88. The number of nitrogens with zero attached hydrogens (tertiary/aromatic N) is 1. The minimum atomic E-state index is -4.71. The predicted molar refractivity (Wildman–Crippen MR) is 156 cm³/mol. The van der Waals surface area contributed by atoms with E-state index < -0.39 is 69.8 Å². The molecule has 2 N–H and O–H groups in total. The van der Waals surface area contributed by atoms with E-state index in [1.165, 1.54) is 24.3 Å². The second-order valence-corrected chi connectivity index (χ2v) is 12.5. The van der Waals surface area contributed by atoms with Gasteiger partial charge in [-0.2, -0.15) is 26.3 Å². The Morgan fingerprint density at radius 3 is 2.26 bits per heavy atom. The van der Waals surface area contributed by atoms with Crippen LogP contribution in [0.2, 0.25) is 0 Å². The third-order valence-corrected chi connectivity index (χ3v) is 9.72. The van der Waals surface area contributed by atoms with Crippen molar-refractivity contribution in [2.45, 2.75) is 28.5 Å². The van der Waals surface area contributed by atoms with E-state index in [0.717, 1.165) is 64.4 Å². The molecule has 1 saturated heterocycles. The first-order valence-electron chi connectivity index (χ1n) is 13.4. The van der Waals surface area contributed by atoms with E-state index in [1.54, 1.807) is 12.1 Å². The van der Waals surface area contributed by atoms with Gasteiger partial charge in [0.1, 0.15) is 11.0 Å². The van der Waals surface area contributed by atoms with Crippen molar-refractivity contribution in [3.05, 3.63) is 104 Å². The fraction of sp³-hybridized carbons (Fsp3) is 0.200. The van der Waals surface area contributed by atoms with Gasteiger partial charge in [-0.1, -0.05) is 47.4 Å². The van der Waals surface area contributed by atoms with E-state index in [-0.39, 0.29) is 17.1 Å². The van der Waals surface area contributed by atoms with Gasteiger partial charge in [-0.05, 0) is 54.1 Å². The van der Waals surface area contributed by atoms with Crippen molar-refractivity contribution in [3.63, 3.8) is 0 Å². The quantitative estimate of drug-likeness (QED) is 0.183. The molecule has 16 heteroatoms. The Balaban J connectivity index is 1.27. The highest BCUT2D eigenvalue weighted by Crippen LogP contribution is 2.53. The van der Waals surface area contributed by atoms with Crippen LogP contribution in [-0.4, -0.2) is 34.6 Å². The Kier molecular flexibility index (Phi) is 7.96. The first-order valence-corrected chi connectivity index (χ1v) is 15.0. The number of imide groups is 1. The predicted octanol–water partition coefficient (Wildman–Crippen LogP) is 6.29. The van der Waals surface area contributed by atoms with Crippen molar-refractivity contribution >= 4 is 52.2 Å². The molecule has 0 radical (unpaired) electrons. The van der Waals surface area contributed by atoms with Gasteiger partial charge in [0.15, 0.2) is 6.61 Å². The molecular weight excluding hydrogens is 660 g/mol. The SMILES string of the molecule is O=C(COc1cccc([C@@H]2c3sc(=O)[nH]c3S[C@H]3C(=O)N(c4cccc(C(F)(F)F)c4)C(=O)[C@@H]23)c1)Nc1cccc(C(F)(F)F)c1. The zero-order chi connectivity index (χ0) is 33.0. The zero-order valence-corrected chi connectivity index (χ0v) is 24.6. The van der Waals surface area contributed by atoms with Gasteiger partial charge in [0.25, 0.3) is 5.91 Å². The molecule has 0 bridgehead atoms. The summed E-state index contributed by atoms with van der Waals surface area (Å²) in [5, 5.41) is 1.62. The number of aromatic nitrogens is 1. The maximum atomic E-state index is 13.8. The number of thioether (sulfide) groups is 1. The van der Waals surface area contributed by atoms with E-state index in [1.807, 2.05) is 0 Å². The molecule has 0 saturated carbocycles. The smallest absolute Gasteiger partial charge is 0.416 e. The molecule has 1 aromatic heterocycles. The van der Waals surface area contributed by atoms with Crippen LogP contribution in [0.4, 0.5) is 37.7 Å². The maximum absolute atomic E-state index is 13.8. The molecule has 46 heavy (non-hydrogen) atoms. The summed E-state index contributed by atoms with van der Waals surface area (Å²) in [7, 11) is 0. The van der Waals surface area contributed by atoms with E-state index in [9.17, 15) is 45.5 Å². The van der Waals surface area contributed by atoms with Crippen molar-refractivity contribution < 1.29 is 45.5 Å². The molecule has 6 rings (SSSR count). The minimum absolute atomic E-state index is 0.0902. The molecule has 2 aliphatic heterocycles. The zero-order valence-electron chi connectivity index (χ0n) is 22.9. The van der Waals surface area contributed by atoms with Crippen molar-refractivity contribution in [1.82, 2.24) is 4.98 Å². The summed E-state index contributed by atoms with van der Waals surface area (Å²) in [6.45, 7) is -0.588. The van der Waals surface area contributed by atoms with Crippen LogP contribution in [-0.2, 0) is 26.7 Å². The summed E-state index contributed by atoms with van der Waals surface area (Å²) in [4.78, 5) is 55.6. The number of thiazole rings is 1. The highest BCUT2D eigenvalue weighted by molar-refractivity contribution is 8.00. The molecule has 0 aliphatic carbocycles. The lowest BCUT2D eigenvalue weighted by atomic mass is 9.83. The average molecular weight is 680 g/mol. The van der Waals surface area contributed by atoms with Crippen LogP contribution in [0.3, 0.4) is 0 Å². The number of alkyl halides is 6. The summed E-state index contributed by atoms with van der Waals surface area (Å²) in [5.74, 6) is -4.06. The average Bonchev–Trinajstić information content (AvgIpc) is 3.49. The third-order valence-electron chi connectivity index (χ3n) is 7.32. The molecule has 2 aliphatic rings. The number of aromatic amines is 1. The Morgan fingerprint density at radius 2 is 1.54 bits per heavy atom. The lowest BCUT2D eigenvalue weighted by Gasteiger charge is -2.30. The molecule has 0 spiro atoms. The van der Waals surface area contributed by atoms with Gasteiger partial charge >= 0.3 is 17.2 Å². The number of carbonyl (C=O) groups is 3. The number of hydrogen-bond acceptors (Lipinski definition) is 7. The molecule has 8 nitrogen and oxygen atoms in total. The Bertz CT molecular complexity index is 1920. The van der Waals surface area contributed by atoms with E-state index in [2.05, 4.69) is 10.3 Å². The van der Waals surface area contributed by atoms with E-state index >= 15 is 0 Å². The highest BCUT2D eigenvalue weighted by atomic mass is 32.2. The number of H-pyrrole nitrogens is 1. The number of benzene rings is 3. The molecular formula is C30H19F6N3O5S2. The largest absolute Gasteiger partial charge is 0.484 e. The minimum Gasteiger partial charge on any atom is -0.484 e. The molecule has 238 valence electrons. The lowest BCUT2D eigenvalue weighted by Crippen LogP contribution is -2.32. The number of carbonyl (C=O) groups excluding carboxylic acids is 3. The number of ether oxygens (including phenoxy) is 1. The molecule has 1 fully saturated rings. The van der Waals surface area contributed by atoms with Gasteiger partial charge in [0, 0.05) is 16.5 Å². The topological polar surface area (TPSA) is 109 Å². The molecule has 3 atom stereocenters. The van der Waals surface area contributed by atoms with Gasteiger partial charge < -0.3 is 15.0 Å². The van der Waals surface area contributed by atoms with Crippen LogP contribution in [0.1, 0.15) is 27.5 Å². The Morgan fingerprint density at radius 1 is 0.870 bits per heavy atom. The van der Waals surface area contributed by atoms with Crippen LogP contribution in [0, 0.1) is 5.92 Å². The summed E-state index contributed by atoms with van der Waals surface area (Å²) >= 11 is 1.78. The molecule has 3 amide bonds. The molecule has 0 unspecified atom stereocenters.